The van der Waals surface area contributed by atoms with E-state index in [2.05, 4.69) is 20.7 Å². The number of halogens is 3. The smallest absolute Gasteiger partial charge is 0.387 e. The van der Waals surface area contributed by atoms with Crippen molar-refractivity contribution >= 4 is 15.9 Å². The highest BCUT2D eigenvalue weighted by Gasteiger charge is 2.05. The van der Waals surface area contributed by atoms with E-state index in [1.807, 2.05) is 0 Å². The molecule has 1 aromatic rings. The van der Waals surface area contributed by atoms with Crippen molar-refractivity contribution in [2.24, 2.45) is 0 Å². The molecule has 0 saturated carbocycles. The lowest BCUT2D eigenvalue weighted by molar-refractivity contribution is -0.0503. The van der Waals surface area contributed by atoms with Crippen molar-refractivity contribution in [3.63, 3.8) is 0 Å². The van der Waals surface area contributed by atoms with Crippen LogP contribution in [0.15, 0.2) is 28.7 Å². The quantitative estimate of drug-likeness (QED) is 0.748. The van der Waals surface area contributed by atoms with Crippen LogP contribution in [0.2, 0.25) is 0 Å². The van der Waals surface area contributed by atoms with E-state index in [1.54, 1.807) is 18.2 Å². The molecule has 0 aromatic heterocycles. The van der Waals surface area contributed by atoms with Gasteiger partial charge in [0.25, 0.3) is 0 Å². The first-order valence-corrected chi connectivity index (χ1v) is 3.69. The van der Waals surface area contributed by atoms with Crippen LogP contribution >= 0.6 is 15.9 Å². The Morgan fingerprint density at radius 2 is 1.91 bits per heavy atom. The van der Waals surface area contributed by atoms with E-state index >= 15 is 0 Å². The molecule has 0 aliphatic heterocycles. The van der Waals surface area contributed by atoms with E-state index in [-0.39, 0.29) is 5.75 Å². The Bertz CT molecular complexity index is 240. The summed E-state index contributed by atoms with van der Waals surface area (Å²) in [5, 5.41) is 0. The summed E-state index contributed by atoms with van der Waals surface area (Å²) in [6, 6.07) is 6.46. The summed E-state index contributed by atoms with van der Waals surface area (Å²) in [5.74, 6) is 0.155. The minimum absolute atomic E-state index is 0.155. The van der Waals surface area contributed by atoms with Gasteiger partial charge in [0.05, 0.1) is 4.47 Å². The first kappa shape index (κ1) is 8.46. The zero-order valence-electron chi connectivity index (χ0n) is 5.43. The second-order valence-electron chi connectivity index (χ2n) is 1.81. The molecule has 0 unspecified atom stereocenters. The molecule has 0 bridgehead atoms. The minimum atomic E-state index is -2.77. The SMILES string of the molecule is FC(F)Oc1ccccc1Br. The van der Waals surface area contributed by atoms with Gasteiger partial charge in [-0.1, -0.05) is 12.1 Å². The van der Waals surface area contributed by atoms with Crippen LogP contribution in [0.3, 0.4) is 0 Å². The third-order valence-corrected chi connectivity index (χ3v) is 1.71. The van der Waals surface area contributed by atoms with Crippen molar-refractivity contribution < 1.29 is 13.5 Å². The summed E-state index contributed by atoms with van der Waals surface area (Å²) >= 11 is 3.07. The number of hydrogen-bond acceptors (Lipinski definition) is 1. The Labute approximate surface area is 71.1 Å². The predicted octanol–water partition coefficient (Wildman–Crippen LogP) is 3.05. The Balaban J connectivity index is 2.78. The van der Waals surface area contributed by atoms with Gasteiger partial charge >= 0.3 is 6.61 Å². The predicted molar refractivity (Wildman–Crippen MR) is 40.8 cm³/mol. The summed E-state index contributed by atoms with van der Waals surface area (Å²) in [4.78, 5) is 0. The summed E-state index contributed by atoms with van der Waals surface area (Å²) in [6.07, 6.45) is 0. The normalized spacial score (nSPS) is 10.2. The van der Waals surface area contributed by atoms with E-state index in [4.69, 9.17) is 0 Å². The van der Waals surface area contributed by atoms with Gasteiger partial charge in [-0.2, -0.15) is 8.78 Å². The maximum absolute atomic E-state index is 11.7. The minimum Gasteiger partial charge on any atom is -0.434 e. The fourth-order valence-corrected chi connectivity index (χ4v) is 1.01. The molecular weight excluding hydrogens is 218 g/mol. The van der Waals surface area contributed by atoms with Crippen molar-refractivity contribution in [3.8, 4) is 5.75 Å². The lowest BCUT2D eigenvalue weighted by atomic mass is 10.3. The van der Waals surface area contributed by atoms with E-state index < -0.39 is 6.61 Å². The lowest BCUT2D eigenvalue weighted by Gasteiger charge is -2.04. The van der Waals surface area contributed by atoms with Crippen LogP contribution in [-0.2, 0) is 0 Å². The highest BCUT2D eigenvalue weighted by molar-refractivity contribution is 9.10. The summed E-state index contributed by atoms with van der Waals surface area (Å²) in [5.41, 5.74) is 0. The van der Waals surface area contributed by atoms with Crippen molar-refractivity contribution in [3.05, 3.63) is 28.7 Å². The second kappa shape index (κ2) is 3.67. The molecule has 0 saturated heterocycles. The highest BCUT2D eigenvalue weighted by atomic mass is 79.9. The van der Waals surface area contributed by atoms with Gasteiger partial charge in [-0.15, -0.1) is 0 Å². The maximum Gasteiger partial charge on any atom is 0.387 e. The Morgan fingerprint density at radius 3 is 2.45 bits per heavy atom. The van der Waals surface area contributed by atoms with Crippen LogP contribution in [0.25, 0.3) is 0 Å². The van der Waals surface area contributed by atoms with Crippen LogP contribution in [0.5, 0.6) is 5.75 Å². The van der Waals surface area contributed by atoms with Gasteiger partial charge in [0.1, 0.15) is 5.75 Å². The number of hydrogen-bond donors (Lipinski definition) is 0. The maximum atomic E-state index is 11.7. The van der Waals surface area contributed by atoms with E-state index in [9.17, 15) is 8.78 Å². The Kier molecular flexibility index (Phi) is 2.82. The monoisotopic (exact) mass is 222 g/mol. The van der Waals surface area contributed by atoms with Crippen LogP contribution in [0, 0.1) is 0 Å². The molecule has 0 N–H and O–H groups in total. The lowest BCUT2D eigenvalue weighted by Crippen LogP contribution is -2.01. The third-order valence-electron chi connectivity index (χ3n) is 1.05. The van der Waals surface area contributed by atoms with Crippen molar-refractivity contribution in [2.45, 2.75) is 6.61 Å². The topological polar surface area (TPSA) is 9.23 Å². The van der Waals surface area contributed by atoms with Crippen LogP contribution in [0.1, 0.15) is 0 Å². The Hall–Kier alpha value is -0.640. The van der Waals surface area contributed by atoms with E-state index in [0.717, 1.165) is 0 Å². The van der Waals surface area contributed by atoms with Gasteiger partial charge in [0, 0.05) is 0 Å². The number of para-hydroxylation sites is 1. The third kappa shape index (κ3) is 2.46. The molecule has 60 valence electrons. The van der Waals surface area contributed by atoms with Crippen LogP contribution in [0.4, 0.5) is 8.78 Å². The zero-order chi connectivity index (χ0) is 8.27. The summed E-state index contributed by atoms with van der Waals surface area (Å²) in [6.45, 7) is -2.77. The number of alkyl halides is 2. The molecular formula is C7H5BrF2O. The van der Waals surface area contributed by atoms with Gasteiger partial charge < -0.3 is 4.74 Å². The highest BCUT2D eigenvalue weighted by Crippen LogP contribution is 2.25. The second-order valence-corrected chi connectivity index (χ2v) is 2.66. The Morgan fingerprint density at radius 1 is 1.27 bits per heavy atom. The van der Waals surface area contributed by atoms with Gasteiger partial charge in [0.2, 0.25) is 0 Å². The molecule has 4 heteroatoms. The van der Waals surface area contributed by atoms with Crippen LogP contribution in [-0.4, -0.2) is 6.61 Å². The first-order chi connectivity index (χ1) is 5.20. The van der Waals surface area contributed by atoms with Crippen molar-refractivity contribution in [1.29, 1.82) is 0 Å². The largest absolute Gasteiger partial charge is 0.434 e. The molecule has 0 spiro atoms. The van der Waals surface area contributed by atoms with Crippen molar-refractivity contribution in [1.82, 2.24) is 0 Å². The first-order valence-electron chi connectivity index (χ1n) is 2.89. The van der Waals surface area contributed by atoms with Gasteiger partial charge in [-0.05, 0) is 28.1 Å². The molecule has 1 rings (SSSR count). The molecule has 11 heavy (non-hydrogen) atoms. The van der Waals surface area contributed by atoms with E-state index in [1.165, 1.54) is 6.07 Å². The summed E-state index contributed by atoms with van der Waals surface area (Å²) < 4.78 is 28.0. The van der Waals surface area contributed by atoms with E-state index in [0.29, 0.717) is 4.47 Å². The number of benzene rings is 1. The molecule has 0 aliphatic carbocycles. The average molecular weight is 223 g/mol. The number of ether oxygens (including phenoxy) is 1. The standard InChI is InChI=1S/C7H5BrF2O/c8-5-3-1-2-4-6(5)11-7(9)10/h1-4,7H. The molecule has 0 heterocycles. The zero-order valence-corrected chi connectivity index (χ0v) is 7.01. The molecule has 1 aromatic carbocycles. The average Bonchev–Trinajstić information content (AvgIpc) is 1.93. The summed E-state index contributed by atoms with van der Waals surface area (Å²) in [7, 11) is 0. The molecule has 0 amide bonds. The fraction of sp³-hybridized carbons (Fsp3) is 0.143. The van der Waals surface area contributed by atoms with Crippen molar-refractivity contribution in [2.75, 3.05) is 0 Å². The van der Waals surface area contributed by atoms with Crippen LogP contribution < -0.4 is 4.74 Å². The molecule has 0 radical (unpaired) electrons. The molecule has 0 aliphatic rings. The van der Waals surface area contributed by atoms with Gasteiger partial charge in [-0.25, -0.2) is 0 Å². The molecule has 0 fully saturated rings. The number of rotatable bonds is 2. The fourth-order valence-electron chi connectivity index (χ4n) is 0.636. The van der Waals surface area contributed by atoms with Gasteiger partial charge in [-0.3, -0.25) is 0 Å². The van der Waals surface area contributed by atoms with Gasteiger partial charge in [0.15, 0.2) is 0 Å². The molecule has 0 atom stereocenters. The molecule has 1 nitrogen and oxygen atoms in total.